The van der Waals surface area contributed by atoms with Gasteiger partial charge < -0.3 is 5.32 Å². The molecule has 1 aliphatic heterocycles. The first-order chi connectivity index (χ1) is 11.6. The summed E-state index contributed by atoms with van der Waals surface area (Å²) in [5, 5.41) is 11.7. The zero-order valence-electron chi connectivity index (χ0n) is 13.4. The van der Waals surface area contributed by atoms with E-state index in [1.807, 2.05) is 4.72 Å². The average molecular weight is 417 g/mol. The molecule has 0 aliphatic carbocycles. The van der Waals surface area contributed by atoms with Gasteiger partial charge in [0.2, 0.25) is 10.0 Å². The highest BCUT2D eigenvalue weighted by molar-refractivity contribution is 7.89. The summed E-state index contributed by atoms with van der Waals surface area (Å²) in [7, 11) is -4.31. The maximum Gasteiger partial charge on any atom is 0.405 e. The number of nitrogens with zero attached hydrogens (tertiary/aromatic N) is 2. The lowest BCUT2D eigenvalue weighted by Gasteiger charge is -2.35. The SMILES string of the molecule is Cl.N#Cc1cc(S(=O)(=O)NCC(N2CCNCC2)C(F)(F)F)ccc1F. The molecule has 1 heterocycles. The maximum atomic E-state index is 13.3. The molecule has 1 atom stereocenters. The van der Waals surface area contributed by atoms with E-state index >= 15 is 0 Å². The summed E-state index contributed by atoms with van der Waals surface area (Å²) in [6.45, 7) is 0.165. The van der Waals surface area contributed by atoms with Crippen LogP contribution in [-0.2, 0) is 10.0 Å². The highest BCUT2D eigenvalue weighted by Gasteiger charge is 2.44. The molecule has 26 heavy (non-hydrogen) atoms. The minimum absolute atomic E-state index is 0. The van der Waals surface area contributed by atoms with Crippen molar-refractivity contribution in [2.45, 2.75) is 17.1 Å². The second-order valence-corrected chi connectivity index (χ2v) is 7.22. The Balaban J connectivity index is 0.00000338. The first-order valence-corrected chi connectivity index (χ1v) is 8.84. The van der Waals surface area contributed by atoms with E-state index in [4.69, 9.17) is 5.26 Å². The number of halogens is 5. The Morgan fingerprint density at radius 3 is 2.46 bits per heavy atom. The lowest BCUT2D eigenvalue weighted by atomic mass is 10.2. The number of benzene rings is 1. The van der Waals surface area contributed by atoms with Crippen LogP contribution in [0.4, 0.5) is 17.6 Å². The predicted octanol–water partition coefficient (Wildman–Crippen LogP) is 1.23. The molecule has 1 aromatic rings. The number of sulfonamides is 1. The summed E-state index contributed by atoms with van der Waals surface area (Å²) < 4.78 is 79.3. The molecule has 6 nitrogen and oxygen atoms in total. The zero-order chi connectivity index (χ0) is 18.7. The third kappa shape index (κ3) is 5.52. The monoisotopic (exact) mass is 416 g/mol. The molecule has 0 spiro atoms. The van der Waals surface area contributed by atoms with Gasteiger partial charge in [0.15, 0.2) is 0 Å². The number of nitriles is 1. The molecule has 12 heteroatoms. The lowest BCUT2D eigenvalue weighted by molar-refractivity contribution is -0.182. The summed E-state index contributed by atoms with van der Waals surface area (Å²) >= 11 is 0. The molecular weight excluding hydrogens is 400 g/mol. The van der Waals surface area contributed by atoms with Gasteiger partial charge in [0, 0.05) is 32.7 Å². The van der Waals surface area contributed by atoms with E-state index in [2.05, 4.69) is 5.32 Å². The summed E-state index contributed by atoms with van der Waals surface area (Å²) in [6, 6.07) is 1.97. The van der Waals surface area contributed by atoms with E-state index in [1.165, 1.54) is 6.07 Å². The number of hydrogen-bond donors (Lipinski definition) is 2. The van der Waals surface area contributed by atoms with Crippen LogP contribution in [0.5, 0.6) is 0 Å². The van der Waals surface area contributed by atoms with E-state index in [9.17, 15) is 26.0 Å². The van der Waals surface area contributed by atoms with Crippen molar-refractivity contribution in [3.05, 3.63) is 29.6 Å². The Bertz CT molecular complexity index is 761. The van der Waals surface area contributed by atoms with Gasteiger partial charge in [-0.05, 0) is 18.2 Å². The van der Waals surface area contributed by atoms with Crippen LogP contribution in [0.15, 0.2) is 23.1 Å². The molecule has 146 valence electrons. The largest absolute Gasteiger partial charge is 0.405 e. The van der Waals surface area contributed by atoms with Crippen LogP contribution in [0, 0.1) is 17.1 Å². The molecule has 1 saturated heterocycles. The number of rotatable bonds is 5. The standard InChI is InChI=1S/C14H16F4N4O2S.ClH/c15-12-2-1-11(7-10(12)8-19)25(23,24)21-9-13(14(16,17)18)22-5-3-20-4-6-22;/h1-2,7,13,20-21H,3-6,9H2;1H. The highest BCUT2D eigenvalue weighted by Crippen LogP contribution is 2.25. The van der Waals surface area contributed by atoms with Crippen molar-refractivity contribution in [2.24, 2.45) is 0 Å². The number of nitrogens with one attached hydrogen (secondary N) is 2. The third-order valence-electron chi connectivity index (χ3n) is 3.81. The topological polar surface area (TPSA) is 85.2 Å². The quantitative estimate of drug-likeness (QED) is 0.705. The number of alkyl halides is 3. The smallest absolute Gasteiger partial charge is 0.314 e. The Hall–Kier alpha value is -1.45. The Kier molecular flexibility index (Phi) is 7.79. The van der Waals surface area contributed by atoms with Crippen molar-refractivity contribution >= 4 is 22.4 Å². The molecule has 0 aromatic heterocycles. The molecule has 1 unspecified atom stereocenters. The first-order valence-electron chi connectivity index (χ1n) is 7.36. The number of hydrogen-bond acceptors (Lipinski definition) is 5. The average Bonchev–Trinajstić information content (AvgIpc) is 2.55. The van der Waals surface area contributed by atoms with Crippen LogP contribution >= 0.6 is 12.4 Å². The minimum atomic E-state index is -4.61. The number of piperazine rings is 1. The van der Waals surface area contributed by atoms with Crippen molar-refractivity contribution in [1.82, 2.24) is 14.9 Å². The molecule has 0 radical (unpaired) electrons. The lowest BCUT2D eigenvalue weighted by Crippen LogP contribution is -2.57. The molecular formula is C14H17ClF4N4O2S. The molecule has 1 aliphatic rings. The van der Waals surface area contributed by atoms with E-state index in [-0.39, 0.29) is 25.5 Å². The molecule has 1 aromatic carbocycles. The molecule has 0 amide bonds. The predicted molar refractivity (Wildman–Crippen MR) is 87.8 cm³/mol. The maximum absolute atomic E-state index is 13.3. The van der Waals surface area contributed by atoms with Crippen molar-refractivity contribution in [3.63, 3.8) is 0 Å². The second-order valence-electron chi connectivity index (χ2n) is 5.45. The highest BCUT2D eigenvalue weighted by atomic mass is 35.5. The van der Waals surface area contributed by atoms with E-state index in [1.54, 1.807) is 0 Å². The third-order valence-corrected chi connectivity index (χ3v) is 5.23. The first kappa shape index (κ1) is 22.6. The van der Waals surface area contributed by atoms with E-state index < -0.39 is 45.1 Å². The van der Waals surface area contributed by atoms with Crippen LogP contribution in [-0.4, -0.2) is 58.3 Å². The van der Waals surface area contributed by atoms with Crippen molar-refractivity contribution < 1.29 is 26.0 Å². The van der Waals surface area contributed by atoms with Crippen LogP contribution in [0.25, 0.3) is 0 Å². The van der Waals surface area contributed by atoms with Gasteiger partial charge in [-0.25, -0.2) is 17.5 Å². The van der Waals surface area contributed by atoms with Crippen molar-refractivity contribution in [3.8, 4) is 6.07 Å². The molecule has 2 N–H and O–H groups in total. The van der Waals surface area contributed by atoms with E-state index in [0.29, 0.717) is 13.1 Å². The van der Waals surface area contributed by atoms with Crippen LogP contribution in [0.2, 0.25) is 0 Å². The van der Waals surface area contributed by atoms with Gasteiger partial charge in [0.25, 0.3) is 0 Å². The van der Waals surface area contributed by atoms with Gasteiger partial charge in [-0.2, -0.15) is 18.4 Å². The zero-order valence-corrected chi connectivity index (χ0v) is 15.0. The fourth-order valence-electron chi connectivity index (χ4n) is 2.47. The van der Waals surface area contributed by atoms with Gasteiger partial charge in [0.1, 0.15) is 17.9 Å². The van der Waals surface area contributed by atoms with Crippen LogP contribution in [0.1, 0.15) is 5.56 Å². The van der Waals surface area contributed by atoms with Gasteiger partial charge in [-0.3, -0.25) is 4.90 Å². The van der Waals surface area contributed by atoms with Gasteiger partial charge >= 0.3 is 6.18 Å². The van der Waals surface area contributed by atoms with Gasteiger partial charge in [-0.15, -0.1) is 12.4 Å². The minimum Gasteiger partial charge on any atom is -0.314 e. The van der Waals surface area contributed by atoms with Crippen molar-refractivity contribution in [2.75, 3.05) is 32.7 Å². The van der Waals surface area contributed by atoms with Crippen molar-refractivity contribution in [1.29, 1.82) is 5.26 Å². The fraction of sp³-hybridized carbons (Fsp3) is 0.500. The van der Waals surface area contributed by atoms with Gasteiger partial charge in [-0.1, -0.05) is 0 Å². The summed E-state index contributed by atoms with van der Waals surface area (Å²) in [6.07, 6.45) is -4.61. The Morgan fingerprint density at radius 2 is 1.92 bits per heavy atom. The second kappa shape index (κ2) is 8.96. The Labute approximate surface area is 154 Å². The summed E-state index contributed by atoms with van der Waals surface area (Å²) in [5.74, 6) is -0.907. The van der Waals surface area contributed by atoms with Crippen LogP contribution < -0.4 is 10.0 Å². The molecule has 1 fully saturated rings. The molecule has 0 bridgehead atoms. The van der Waals surface area contributed by atoms with Crippen LogP contribution in [0.3, 0.4) is 0 Å². The molecule has 2 rings (SSSR count). The Morgan fingerprint density at radius 1 is 1.31 bits per heavy atom. The fourth-order valence-corrected chi connectivity index (χ4v) is 3.54. The van der Waals surface area contributed by atoms with Gasteiger partial charge in [0.05, 0.1) is 10.5 Å². The summed E-state index contributed by atoms with van der Waals surface area (Å²) in [5.41, 5.74) is -0.502. The van der Waals surface area contributed by atoms with E-state index in [0.717, 1.165) is 23.1 Å². The normalized spacial score (nSPS) is 17.2. The molecule has 0 saturated carbocycles. The summed E-state index contributed by atoms with van der Waals surface area (Å²) in [4.78, 5) is 0.691.